The maximum Gasteiger partial charge on any atom is 0.239 e. The van der Waals surface area contributed by atoms with E-state index in [1.165, 1.54) is 5.69 Å². The number of amides is 2. The summed E-state index contributed by atoms with van der Waals surface area (Å²) in [5.74, 6) is -0.0977. The van der Waals surface area contributed by atoms with Crippen LogP contribution in [0.15, 0.2) is 47.8 Å². The number of piperazine rings is 1. The van der Waals surface area contributed by atoms with E-state index in [4.69, 9.17) is 0 Å². The minimum Gasteiger partial charge on any atom is -0.369 e. The highest BCUT2D eigenvalue weighted by atomic mass is 32.1. The third-order valence-corrected chi connectivity index (χ3v) is 5.84. The topological polar surface area (TPSA) is 55.9 Å². The normalized spacial score (nSPS) is 14.7. The second-order valence-electron chi connectivity index (χ2n) is 6.86. The fraction of sp³-hybridized carbons (Fsp3) is 0.429. The van der Waals surface area contributed by atoms with Gasteiger partial charge in [-0.1, -0.05) is 24.3 Å². The second kappa shape index (κ2) is 10.2. The van der Waals surface area contributed by atoms with Gasteiger partial charge in [-0.25, -0.2) is 0 Å². The Labute approximate surface area is 170 Å². The Morgan fingerprint density at radius 3 is 2.46 bits per heavy atom. The van der Waals surface area contributed by atoms with Crippen molar-refractivity contribution in [2.45, 2.75) is 13.5 Å². The molecular formula is C21H28N4O2S. The summed E-state index contributed by atoms with van der Waals surface area (Å²) in [6.07, 6.45) is 0. The molecule has 0 atom stereocenters. The summed E-state index contributed by atoms with van der Waals surface area (Å²) in [7, 11) is 0. The van der Waals surface area contributed by atoms with E-state index < -0.39 is 0 Å². The number of benzene rings is 1. The number of para-hydroxylation sites is 1. The smallest absolute Gasteiger partial charge is 0.239 e. The third kappa shape index (κ3) is 5.81. The van der Waals surface area contributed by atoms with E-state index in [9.17, 15) is 9.59 Å². The highest BCUT2D eigenvalue weighted by Crippen LogP contribution is 2.15. The first-order valence-corrected chi connectivity index (χ1v) is 10.6. The first kappa shape index (κ1) is 20.4. The molecular weight excluding hydrogens is 372 g/mol. The highest BCUT2D eigenvalue weighted by molar-refractivity contribution is 7.09. The molecule has 2 amide bonds. The van der Waals surface area contributed by atoms with Crippen LogP contribution >= 0.6 is 11.3 Å². The predicted octanol–water partition coefficient (Wildman–Crippen LogP) is 2.03. The van der Waals surface area contributed by atoms with Gasteiger partial charge in [0.1, 0.15) is 0 Å². The quantitative estimate of drug-likeness (QED) is 0.737. The molecule has 1 aromatic carbocycles. The number of nitrogens with zero attached hydrogens (tertiary/aromatic N) is 3. The number of nitrogens with one attached hydrogen (secondary N) is 1. The Bertz CT molecular complexity index is 743. The minimum atomic E-state index is -0.113. The Hall–Kier alpha value is -2.38. The molecule has 7 heteroatoms. The van der Waals surface area contributed by atoms with Crippen LogP contribution in [0.25, 0.3) is 0 Å². The maximum absolute atomic E-state index is 12.7. The predicted molar refractivity (Wildman–Crippen MR) is 114 cm³/mol. The van der Waals surface area contributed by atoms with Crippen molar-refractivity contribution in [3.63, 3.8) is 0 Å². The van der Waals surface area contributed by atoms with E-state index in [2.05, 4.69) is 27.2 Å². The van der Waals surface area contributed by atoms with Crippen molar-refractivity contribution in [1.82, 2.24) is 15.1 Å². The molecule has 2 aromatic rings. The van der Waals surface area contributed by atoms with E-state index in [1.807, 2.05) is 42.6 Å². The standard InChI is InChI=1S/C21H28N4O2S/c1-2-24(16-20(26)22-15-19-9-6-14-28-19)21(27)17-23-10-12-25(13-11-23)18-7-4-3-5-8-18/h3-9,14H,2,10-13,15-17H2,1H3,(H,22,26). The zero-order valence-electron chi connectivity index (χ0n) is 16.3. The number of hydrogen-bond acceptors (Lipinski definition) is 5. The van der Waals surface area contributed by atoms with Crippen molar-refractivity contribution in [3.8, 4) is 0 Å². The Balaban J connectivity index is 1.42. The molecule has 0 bridgehead atoms. The summed E-state index contributed by atoms with van der Waals surface area (Å²) in [6.45, 7) is 6.97. The van der Waals surface area contributed by atoms with Crippen molar-refractivity contribution in [1.29, 1.82) is 0 Å². The molecule has 2 heterocycles. The second-order valence-corrected chi connectivity index (χ2v) is 7.89. The van der Waals surface area contributed by atoms with Crippen molar-refractivity contribution >= 4 is 28.8 Å². The first-order chi connectivity index (χ1) is 13.7. The Kier molecular flexibility index (Phi) is 7.45. The van der Waals surface area contributed by atoms with Crippen LogP contribution in [0.3, 0.4) is 0 Å². The van der Waals surface area contributed by atoms with Crippen molar-refractivity contribution in [2.75, 3.05) is 50.7 Å². The van der Waals surface area contributed by atoms with Gasteiger partial charge in [-0.3, -0.25) is 14.5 Å². The molecule has 0 radical (unpaired) electrons. The number of anilines is 1. The van der Waals surface area contributed by atoms with Gasteiger partial charge in [0, 0.05) is 43.3 Å². The largest absolute Gasteiger partial charge is 0.369 e. The zero-order valence-corrected chi connectivity index (χ0v) is 17.2. The number of thiophene rings is 1. The van der Waals surface area contributed by atoms with Crippen LogP contribution in [0.5, 0.6) is 0 Å². The fourth-order valence-electron chi connectivity index (χ4n) is 3.30. The highest BCUT2D eigenvalue weighted by Gasteiger charge is 2.22. The minimum absolute atomic E-state index is 0.0157. The van der Waals surface area contributed by atoms with Gasteiger partial charge in [0.05, 0.1) is 19.6 Å². The van der Waals surface area contributed by atoms with Crippen molar-refractivity contribution in [3.05, 3.63) is 52.7 Å². The molecule has 6 nitrogen and oxygen atoms in total. The molecule has 1 aromatic heterocycles. The van der Waals surface area contributed by atoms with Crippen LogP contribution in [0.2, 0.25) is 0 Å². The first-order valence-electron chi connectivity index (χ1n) is 9.75. The lowest BCUT2D eigenvalue weighted by Gasteiger charge is -2.36. The van der Waals surface area contributed by atoms with Crippen molar-refractivity contribution < 1.29 is 9.59 Å². The van der Waals surface area contributed by atoms with Crippen LogP contribution in [0, 0.1) is 0 Å². The van der Waals surface area contributed by atoms with E-state index >= 15 is 0 Å². The monoisotopic (exact) mass is 400 g/mol. The summed E-state index contributed by atoms with van der Waals surface area (Å²) < 4.78 is 0. The number of rotatable bonds is 8. The lowest BCUT2D eigenvalue weighted by molar-refractivity contribution is -0.136. The van der Waals surface area contributed by atoms with Gasteiger partial charge in [-0.05, 0) is 30.5 Å². The summed E-state index contributed by atoms with van der Waals surface area (Å²) >= 11 is 1.61. The summed E-state index contributed by atoms with van der Waals surface area (Å²) in [6, 6.07) is 14.3. The Morgan fingerprint density at radius 1 is 1.07 bits per heavy atom. The fourth-order valence-corrected chi connectivity index (χ4v) is 3.94. The molecule has 0 saturated carbocycles. The number of carbonyl (C=O) groups is 2. The van der Waals surface area contributed by atoms with Gasteiger partial charge in [0.2, 0.25) is 11.8 Å². The summed E-state index contributed by atoms with van der Waals surface area (Å²) in [4.78, 5) is 32.1. The summed E-state index contributed by atoms with van der Waals surface area (Å²) in [5.41, 5.74) is 1.23. The van der Waals surface area contributed by atoms with Gasteiger partial charge in [0.15, 0.2) is 0 Å². The van der Waals surface area contributed by atoms with Crippen LogP contribution < -0.4 is 10.2 Å². The molecule has 150 valence electrons. The number of carbonyl (C=O) groups excluding carboxylic acids is 2. The average molecular weight is 401 g/mol. The van der Waals surface area contributed by atoms with Gasteiger partial charge in [-0.15, -0.1) is 11.3 Å². The van der Waals surface area contributed by atoms with E-state index in [1.54, 1.807) is 16.2 Å². The maximum atomic E-state index is 12.7. The molecule has 0 unspecified atom stereocenters. The SMILES string of the molecule is CCN(CC(=O)NCc1cccs1)C(=O)CN1CCN(c2ccccc2)CC1. The molecule has 0 aliphatic carbocycles. The van der Waals surface area contributed by atoms with Crippen LogP contribution in [-0.2, 0) is 16.1 Å². The van der Waals surface area contributed by atoms with Gasteiger partial charge in [0.25, 0.3) is 0 Å². The molecule has 1 N–H and O–H groups in total. The van der Waals surface area contributed by atoms with E-state index in [0.717, 1.165) is 31.1 Å². The average Bonchev–Trinajstić information content (AvgIpc) is 3.25. The lowest BCUT2D eigenvalue weighted by atomic mass is 10.2. The van der Waals surface area contributed by atoms with E-state index in [-0.39, 0.29) is 18.4 Å². The van der Waals surface area contributed by atoms with E-state index in [0.29, 0.717) is 19.6 Å². The molecule has 1 aliphatic heterocycles. The van der Waals surface area contributed by atoms with Crippen LogP contribution in [0.1, 0.15) is 11.8 Å². The third-order valence-electron chi connectivity index (χ3n) is 4.96. The summed E-state index contributed by atoms with van der Waals surface area (Å²) in [5, 5.41) is 4.88. The van der Waals surface area contributed by atoms with Crippen molar-refractivity contribution in [2.24, 2.45) is 0 Å². The van der Waals surface area contributed by atoms with Gasteiger partial charge < -0.3 is 15.1 Å². The molecule has 28 heavy (non-hydrogen) atoms. The van der Waals surface area contributed by atoms with Gasteiger partial charge >= 0.3 is 0 Å². The molecule has 1 aliphatic rings. The van der Waals surface area contributed by atoms with Crippen LogP contribution in [0.4, 0.5) is 5.69 Å². The number of hydrogen-bond donors (Lipinski definition) is 1. The zero-order chi connectivity index (χ0) is 19.8. The Morgan fingerprint density at radius 2 is 1.82 bits per heavy atom. The molecule has 0 spiro atoms. The van der Waals surface area contributed by atoms with Crippen LogP contribution in [-0.4, -0.2) is 67.4 Å². The molecule has 3 rings (SSSR count). The molecule has 1 saturated heterocycles. The lowest BCUT2D eigenvalue weighted by Crippen LogP contribution is -2.51. The van der Waals surface area contributed by atoms with Gasteiger partial charge in [-0.2, -0.15) is 0 Å². The molecule has 1 fully saturated rings. The number of likely N-dealkylation sites (N-methyl/N-ethyl adjacent to an activating group) is 1.